The van der Waals surface area contributed by atoms with Gasteiger partial charge in [0, 0.05) is 19.0 Å². The van der Waals surface area contributed by atoms with Crippen LogP contribution in [0.3, 0.4) is 0 Å². The molecule has 0 atom stereocenters. The van der Waals surface area contributed by atoms with Crippen LogP contribution in [-0.4, -0.2) is 27.8 Å². The summed E-state index contributed by atoms with van der Waals surface area (Å²) in [5.41, 5.74) is 1.76. The van der Waals surface area contributed by atoms with Gasteiger partial charge in [0.05, 0.1) is 11.4 Å². The molecule has 1 amide bonds. The molecule has 3 rings (SSSR count). The van der Waals surface area contributed by atoms with Crippen molar-refractivity contribution in [1.82, 2.24) is 14.8 Å². The van der Waals surface area contributed by atoms with Crippen LogP contribution in [0, 0.1) is 12.8 Å². The summed E-state index contributed by atoms with van der Waals surface area (Å²) in [6.45, 7) is 1.91. The second-order valence-corrected chi connectivity index (χ2v) is 6.13. The molecule has 1 aromatic carbocycles. The van der Waals surface area contributed by atoms with E-state index in [9.17, 15) is 4.79 Å². The maximum atomic E-state index is 12.5. The molecule has 0 unspecified atom stereocenters. The van der Waals surface area contributed by atoms with Crippen LogP contribution in [0.1, 0.15) is 37.8 Å². The van der Waals surface area contributed by atoms with Crippen LogP contribution in [0.2, 0.25) is 0 Å². The molecule has 0 N–H and O–H groups in total. The number of carbonyl (C=O) groups excluding carboxylic acids is 1. The summed E-state index contributed by atoms with van der Waals surface area (Å²) in [5.74, 6) is 0.700. The minimum absolute atomic E-state index is 0.0585. The van der Waals surface area contributed by atoms with E-state index in [2.05, 4.69) is 5.10 Å². The Morgan fingerprint density at radius 3 is 2.61 bits per heavy atom. The molecule has 1 fully saturated rings. The molecule has 1 saturated carbocycles. The lowest BCUT2D eigenvalue weighted by Crippen LogP contribution is -2.36. The Kier molecular flexibility index (Phi) is 4.65. The summed E-state index contributed by atoms with van der Waals surface area (Å²) in [6.07, 6.45) is 5.41. The third kappa shape index (κ3) is 3.55. The summed E-state index contributed by atoms with van der Waals surface area (Å²) >= 11 is 0. The van der Waals surface area contributed by atoms with Crippen molar-refractivity contribution < 1.29 is 9.63 Å². The van der Waals surface area contributed by atoms with Crippen molar-refractivity contribution in [3.05, 3.63) is 42.1 Å². The number of amides is 1. The SMILES string of the molecule is Cc1cc(ON(C)C(=O)C2CCCCC2)n(-c2ccccc2)n1. The van der Waals surface area contributed by atoms with Crippen molar-refractivity contribution >= 4 is 5.91 Å². The van der Waals surface area contributed by atoms with E-state index >= 15 is 0 Å². The number of aromatic nitrogens is 2. The molecular formula is C18H23N3O2. The van der Waals surface area contributed by atoms with Crippen LogP contribution in [0.15, 0.2) is 36.4 Å². The van der Waals surface area contributed by atoms with Crippen molar-refractivity contribution in [2.45, 2.75) is 39.0 Å². The van der Waals surface area contributed by atoms with Gasteiger partial charge in [-0.25, -0.2) is 0 Å². The van der Waals surface area contributed by atoms with Crippen LogP contribution < -0.4 is 4.84 Å². The Morgan fingerprint density at radius 2 is 1.91 bits per heavy atom. The minimum Gasteiger partial charge on any atom is -0.357 e. The molecule has 0 spiro atoms. The maximum absolute atomic E-state index is 12.5. The number of aryl methyl sites for hydroxylation is 1. The summed E-state index contributed by atoms with van der Waals surface area (Å²) in [5, 5.41) is 5.83. The highest BCUT2D eigenvalue weighted by molar-refractivity contribution is 5.77. The Hall–Kier alpha value is -2.30. The van der Waals surface area contributed by atoms with Gasteiger partial charge in [-0.15, -0.1) is 0 Å². The van der Waals surface area contributed by atoms with Gasteiger partial charge in [0.15, 0.2) is 0 Å². The fourth-order valence-electron chi connectivity index (χ4n) is 3.09. The first kappa shape index (κ1) is 15.6. The second-order valence-electron chi connectivity index (χ2n) is 6.13. The first-order valence-corrected chi connectivity index (χ1v) is 8.23. The second kappa shape index (κ2) is 6.86. The Morgan fingerprint density at radius 1 is 1.22 bits per heavy atom. The normalized spacial score (nSPS) is 15.4. The highest BCUT2D eigenvalue weighted by Crippen LogP contribution is 2.26. The number of nitrogens with zero attached hydrogens (tertiary/aromatic N) is 3. The van der Waals surface area contributed by atoms with E-state index in [0.717, 1.165) is 37.1 Å². The quantitative estimate of drug-likeness (QED) is 0.812. The van der Waals surface area contributed by atoms with E-state index in [0.29, 0.717) is 5.88 Å². The molecular weight excluding hydrogens is 290 g/mol. The fourth-order valence-corrected chi connectivity index (χ4v) is 3.09. The van der Waals surface area contributed by atoms with E-state index in [1.165, 1.54) is 11.5 Å². The van der Waals surface area contributed by atoms with E-state index in [1.54, 1.807) is 11.7 Å². The molecule has 0 radical (unpaired) electrons. The van der Waals surface area contributed by atoms with E-state index in [4.69, 9.17) is 4.84 Å². The van der Waals surface area contributed by atoms with Gasteiger partial charge in [-0.1, -0.05) is 37.5 Å². The molecule has 1 aliphatic carbocycles. The Bertz CT molecular complexity index is 660. The highest BCUT2D eigenvalue weighted by Gasteiger charge is 2.26. The molecule has 1 aliphatic rings. The van der Waals surface area contributed by atoms with Crippen LogP contribution in [0.4, 0.5) is 0 Å². The zero-order valence-electron chi connectivity index (χ0n) is 13.7. The number of benzene rings is 1. The molecule has 122 valence electrons. The molecule has 0 aliphatic heterocycles. The average molecular weight is 313 g/mol. The maximum Gasteiger partial charge on any atom is 0.258 e. The molecule has 5 nitrogen and oxygen atoms in total. The Labute approximate surface area is 136 Å². The van der Waals surface area contributed by atoms with Crippen LogP contribution in [-0.2, 0) is 4.79 Å². The van der Waals surface area contributed by atoms with Crippen molar-refractivity contribution in [3.63, 3.8) is 0 Å². The van der Waals surface area contributed by atoms with Crippen molar-refractivity contribution in [2.75, 3.05) is 7.05 Å². The fraction of sp³-hybridized carbons (Fsp3) is 0.444. The molecule has 23 heavy (non-hydrogen) atoms. The predicted molar refractivity (Wildman–Crippen MR) is 88.3 cm³/mol. The number of hydroxylamine groups is 2. The molecule has 5 heteroatoms. The van der Waals surface area contributed by atoms with Crippen LogP contribution in [0.5, 0.6) is 5.88 Å². The lowest BCUT2D eigenvalue weighted by molar-refractivity contribution is -0.159. The molecule has 1 aromatic heterocycles. The number of carbonyl (C=O) groups is 1. The number of hydrogen-bond acceptors (Lipinski definition) is 3. The van der Waals surface area contributed by atoms with Gasteiger partial charge in [-0.3, -0.25) is 4.79 Å². The van der Waals surface area contributed by atoms with Gasteiger partial charge >= 0.3 is 0 Å². The summed E-state index contributed by atoms with van der Waals surface area (Å²) in [6, 6.07) is 11.6. The van der Waals surface area contributed by atoms with Gasteiger partial charge < -0.3 is 4.84 Å². The molecule has 1 heterocycles. The van der Waals surface area contributed by atoms with E-state index in [-0.39, 0.29) is 11.8 Å². The van der Waals surface area contributed by atoms with E-state index < -0.39 is 0 Å². The monoisotopic (exact) mass is 313 g/mol. The predicted octanol–water partition coefficient (Wildman–Crippen LogP) is 3.51. The summed E-state index contributed by atoms with van der Waals surface area (Å²) in [4.78, 5) is 18.3. The zero-order chi connectivity index (χ0) is 16.2. The standard InChI is InChI=1S/C18H23N3O2/c1-14-13-17(21(19-14)16-11-7-4-8-12-16)23-20(2)18(22)15-9-5-3-6-10-15/h4,7-8,11-13,15H,3,5-6,9-10H2,1-2H3. The van der Waals surface area contributed by atoms with Crippen LogP contribution >= 0.6 is 0 Å². The average Bonchev–Trinajstić information content (AvgIpc) is 2.96. The molecule has 0 saturated heterocycles. The van der Waals surface area contributed by atoms with Gasteiger partial charge in [-0.05, 0) is 31.9 Å². The van der Waals surface area contributed by atoms with Gasteiger partial charge in [0.25, 0.3) is 5.91 Å². The van der Waals surface area contributed by atoms with Crippen molar-refractivity contribution in [1.29, 1.82) is 0 Å². The minimum atomic E-state index is 0.0585. The van der Waals surface area contributed by atoms with Gasteiger partial charge in [0.2, 0.25) is 5.88 Å². The van der Waals surface area contributed by atoms with Gasteiger partial charge in [0.1, 0.15) is 0 Å². The van der Waals surface area contributed by atoms with Crippen molar-refractivity contribution in [3.8, 4) is 11.6 Å². The lowest BCUT2D eigenvalue weighted by atomic mass is 9.89. The number of hydrogen-bond donors (Lipinski definition) is 0. The molecule has 2 aromatic rings. The third-order valence-corrected chi connectivity index (χ3v) is 4.29. The van der Waals surface area contributed by atoms with Crippen molar-refractivity contribution in [2.24, 2.45) is 5.92 Å². The number of para-hydroxylation sites is 1. The summed E-state index contributed by atoms with van der Waals surface area (Å²) < 4.78 is 1.72. The smallest absolute Gasteiger partial charge is 0.258 e. The molecule has 0 bridgehead atoms. The first-order chi connectivity index (χ1) is 11.1. The topological polar surface area (TPSA) is 47.4 Å². The Balaban J connectivity index is 1.76. The summed E-state index contributed by atoms with van der Waals surface area (Å²) in [7, 11) is 1.69. The largest absolute Gasteiger partial charge is 0.357 e. The first-order valence-electron chi connectivity index (χ1n) is 8.23. The highest BCUT2D eigenvalue weighted by atomic mass is 16.7. The number of rotatable bonds is 4. The van der Waals surface area contributed by atoms with E-state index in [1.807, 2.05) is 43.3 Å². The zero-order valence-corrected chi connectivity index (χ0v) is 13.7. The lowest BCUT2D eigenvalue weighted by Gasteiger charge is -2.25. The van der Waals surface area contributed by atoms with Gasteiger partial charge in [-0.2, -0.15) is 14.8 Å². The van der Waals surface area contributed by atoms with Crippen LogP contribution in [0.25, 0.3) is 5.69 Å². The third-order valence-electron chi connectivity index (χ3n) is 4.29.